The number of hydrogen-bond acceptors (Lipinski definition) is 7. The summed E-state index contributed by atoms with van der Waals surface area (Å²) in [5.74, 6) is 0.969. The van der Waals surface area contributed by atoms with Crippen LogP contribution >= 0.6 is 35.0 Å². The SMILES string of the molecule is Cc1cc(Cl)ccc1OC(C)c1nnc(SCC(=O)Nc2ccc(Cl)c([N+](=O)[O-])c2)n1C. The van der Waals surface area contributed by atoms with Crippen molar-refractivity contribution < 1.29 is 14.5 Å². The number of nitrogens with zero attached hydrogens (tertiary/aromatic N) is 4. The number of aryl methyl sites for hydroxylation is 1. The minimum absolute atomic E-state index is 0.000814. The Morgan fingerprint density at radius 3 is 2.72 bits per heavy atom. The van der Waals surface area contributed by atoms with Crippen LogP contribution in [-0.4, -0.2) is 31.3 Å². The van der Waals surface area contributed by atoms with Crippen molar-refractivity contribution in [1.29, 1.82) is 0 Å². The van der Waals surface area contributed by atoms with Crippen molar-refractivity contribution in [2.75, 3.05) is 11.1 Å². The lowest BCUT2D eigenvalue weighted by atomic mass is 10.2. The van der Waals surface area contributed by atoms with Gasteiger partial charge in [0, 0.05) is 23.8 Å². The van der Waals surface area contributed by atoms with Crippen LogP contribution in [0.25, 0.3) is 0 Å². The minimum atomic E-state index is -0.609. The van der Waals surface area contributed by atoms with Gasteiger partial charge in [0.05, 0.1) is 10.7 Å². The number of rotatable bonds is 8. The number of amides is 1. The molecular formula is C20H19Cl2N5O4S. The number of nitro benzene ring substituents is 1. The van der Waals surface area contributed by atoms with Crippen LogP contribution in [0.15, 0.2) is 41.6 Å². The molecule has 32 heavy (non-hydrogen) atoms. The summed E-state index contributed by atoms with van der Waals surface area (Å²) in [6.45, 7) is 3.76. The second-order valence-corrected chi connectivity index (χ2v) is 8.62. The zero-order chi connectivity index (χ0) is 23.4. The van der Waals surface area contributed by atoms with Gasteiger partial charge >= 0.3 is 0 Å². The average molecular weight is 496 g/mol. The standard InChI is InChI=1S/C20H19Cl2N5O4S/c1-11-8-13(21)4-7-17(11)31-12(2)19-24-25-20(26(19)3)32-10-18(28)23-14-5-6-15(22)16(9-14)27(29)30/h4-9,12H,10H2,1-3H3,(H,23,28). The Hall–Kier alpha value is -2.82. The Bertz CT molecular complexity index is 1170. The molecule has 0 bridgehead atoms. The Morgan fingerprint density at radius 2 is 2.03 bits per heavy atom. The van der Waals surface area contributed by atoms with Gasteiger partial charge in [0.25, 0.3) is 5.69 Å². The third-order valence-corrected chi connectivity index (χ3v) is 6.01. The summed E-state index contributed by atoms with van der Waals surface area (Å²) in [5.41, 5.74) is 0.908. The van der Waals surface area contributed by atoms with E-state index in [0.717, 1.165) is 5.56 Å². The summed E-state index contributed by atoms with van der Waals surface area (Å²) in [5, 5.41) is 23.1. The summed E-state index contributed by atoms with van der Waals surface area (Å²) in [6.07, 6.45) is -0.384. The first kappa shape index (κ1) is 23.8. The van der Waals surface area contributed by atoms with Crippen molar-refractivity contribution in [3.63, 3.8) is 0 Å². The predicted molar refractivity (Wildman–Crippen MR) is 124 cm³/mol. The predicted octanol–water partition coefficient (Wildman–Crippen LogP) is 5.21. The normalized spacial score (nSPS) is 11.8. The van der Waals surface area contributed by atoms with E-state index in [4.69, 9.17) is 27.9 Å². The number of hydrogen-bond donors (Lipinski definition) is 1. The van der Waals surface area contributed by atoms with Gasteiger partial charge in [0.1, 0.15) is 10.8 Å². The van der Waals surface area contributed by atoms with Crippen LogP contribution in [0.1, 0.15) is 24.4 Å². The number of aromatic nitrogens is 3. The van der Waals surface area contributed by atoms with E-state index in [2.05, 4.69) is 15.5 Å². The largest absolute Gasteiger partial charge is 0.482 e. The molecule has 0 aliphatic carbocycles. The molecule has 9 nitrogen and oxygen atoms in total. The average Bonchev–Trinajstić information content (AvgIpc) is 3.10. The van der Waals surface area contributed by atoms with Gasteiger partial charge in [-0.05, 0) is 49.7 Å². The Morgan fingerprint density at radius 1 is 1.28 bits per heavy atom. The molecule has 0 aliphatic heterocycles. The van der Waals surface area contributed by atoms with Crippen LogP contribution in [0.3, 0.4) is 0 Å². The number of thioether (sulfide) groups is 1. The van der Waals surface area contributed by atoms with Crippen molar-refractivity contribution in [1.82, 2.24) is 14.8 Å². The van der Waals surface area contributed by atoms with E-state index in [-0.39, 0.29) is 34.2 Å². The second-order valence-electron chi connectivity index (χ2n) is 6.83. The molecule has 1 aromatic heterocycles. The topological polar surface area (TPSA) is 112 Å². The molecule has 0 radical (unpaired) electrons. The third-order valence-electron chi connectivity index (χ3n) is 4.43. The van der Waals surface area contributed by atoms with Gasteiger partial charge in [-0.1, -0.05) is 35.0 Å². The molecule has 1 N–H and O–H groups in total. The third kappa shape index (κ3) is 5.70. The first-order valence-electron chi connectivity index (χ1n) is 9.34. The van der Waals surface area contributed by atoms with E-state index in [1.807, 2.05) is 19.9 Å². The maximum absolute atomic E-state index is 12.3. The lowest BCUT2D eigenvalue weighted by molar-refractivity contribution is -0.384. The molecule has 0 aliphatic rings. The van der Waals surface area contributed by atoms with Gasteiger partial charge in [-0.25, -0.2) is 0 Å². The lowest BCUT2D eigenvalue weighted by Gasteiger charge is -2.16. The summed E-state index contributed by atoms with van der Waals surface area (Å²) >= 11 is 13.0. The van der Waals surface area contributed by atoms with Crippen LogP contribution in [0, 0.1) is 17.0 Å². The highest BCUT2D eigenvalue weighted by Gasteiger charge is 2.19. The fourth-order valence-electron chi connectivity index (χ4n) is 2.85. The molecule has 0 fully saturated rings. The molecule has 12 heteroatoms. The molecule has 0 spiro atoms. The molecule has 1 heterocycles. The maximum atomic E-state index is 12.3. The Labute approximate surface area is 198 Å². The first-order valence-corrected chi connectivity index (χ1v) is 11.1. The molecule has 2 aromatic carbocycles. The first-order chi connectivity index (χ1) is 15.2. The van der Waals surface area contributed by atoms with E-state index in [0.29, 0.717) is 21.8 Å². The quantitative estimate of drug-likeness (QED) is 0.259. The molecule has 1 atom stereocenters. The van der Waals surface area contributed by atoms with Crippen molar-refractivity contribution in [2.24, 2.45) is 7.05 Å². The molecular weight excluding hydrogens is 477 g/mol. The van der Waals surface area contributed by atoms with Crippen LogP contribution in [0.5, 0.6) is 5.75 Å². The molecule has 3 aromatic rings. The van der Waals surface area contributed by atoms with E-state index < -0.39 is 4.92 Å². The van der Waals surface area contributed by atoms with Gasteiger partial charge in [-0.2, -0.15) is 0 Å². The Balaban J connectivity index is 1.61. The maximum Gasteiger partial charge on any atom is 0.289 e. The molecule has 1 unspecified atom stereocenters. The summed E-state index contributed by atoms with van der Waals surface area (Å²) in [7, 11) is 1.78. The van der Waals surface area contributed by atoms with E-state index in [1.165, 1.54) is 30.0 Å². The van der Waals surface area contributed by atoms with Gasteiger partial charge < -0.3 is 14.6 Å². The van der Waals surface area contributed by atoms with Crippen molar-refractivity contribution >= 4 is 52.2 Å². The fourth-order valence-corrected chi connectivity index (χ4v) is 3.98. The highest BCUT2D eigenvalue weighted by molar-refractivity contribution is 7.99. The highest BCUT2D eigenvalue weighted by Crippen LogP contribution is 2.29. The van der Waals surface area contributed by atoms with E-state index >= 15 is 0 Å². The minimum Gasteiger partial charge on any atom is -0.482 e. The van der Waals surface area contributed by atoms with Crippen LogP contribution in [0.4, 0.5) is 11.4 Å². The number of ether oxygens (including phenoxy) is 1. The van der Waals surface area contributed by atoms with E-state index in [9.17, 15) is 14.9 Å². The van der Waals surface area contributed by atoms with Gasteiger partial charge in [-0.3, -0.25) is 14.9 Å². The summed E-state index contributed by atoms with van der Waals surface area (Å²) in [4.78, 5) is 22.7. The van der Waals surface area contributed by atoms with Gasteiger partial charge in [0.15, 0.2) is 17.1 Å². The van der Waals surface area contributed by atoms with Gasteiger partial charge in [-0.15, -0.1) is 10.2 Å². The molecule has 168 valence electrons. The lowest BCUT2D eigenvalue weighted by Crippen LogP contribution is -2.15. The summed E-state index contributed by atoms with van der Waals surface area (Å²) < 4.78 is 7.74. The highest BCUT2D eigenvalue weighted by atomic mass is 35.5. The summed E-state index contributed by atoms with van der Waals surface area (Å²) in [6, 6.07) is 9.43. The van der Waals surface area contributed by atoms with Crippen LogP contribution < -0.4 is 10.1 Å². The number of anilines is 1. The molecule has 3 rings (SSSR count). The van der Waals surface area contributed by atoms with Gasteiger partial charge in [0.2, 0.25) is 5.91 Å². The smallest absolute Gasteiger partial charge is 0.289 e. The van der Waals surface area contributed by atoms with Crippen LogP contribution in [0.2, 0.25) is 10.0 Å². The monoisotopic (exact) mass is 495 g/mol. The fraction of sp³-hybridized carbons (Fsp3) is 0.250. The number of carbonyl (C=O) groups excluding carboxylic acids is 1. The molecule has 0 saturated carbocycles. The Kier molecular flexibility index (Phi) is 7.60. The molecule has 0 saturated heterocycles. The van der Waals surface area contributed by atoms with Crippen molar-refractivity contribution in [3.05, 3.63) is 67.9 Å². The zero-order valence-corrected chi connectivity index (χ0v) is 19.7. The number of nitrogens with one attached hydrogen (secondary N) is 1. The number of nitro groups is 1. The van der Waals surface area contributed by atoms with E-state index in [1.54, 1.807) is 23.7 Å². The number of carbonyl (C=O) groups is 1. The number of halogens is 2. The van der Waals surface area contributed by atoms with Crippen molar-refractivity contribution in [3.8, 4) is 5.75 Å². The van der Waals surface area contributed by atoms with Crippen molar-refractivity contribution in [2.45, 2.75) is 25.1 Å². The second kappa shape index (κ2) is 10.2. The number of benzene rings is 2. The molecule has 1 amide bonds. The zero-order valence-electron chi connectivity index (χ0n) is 17.3. The van der Waals surface area contributed by atoms with Crippen LogP contribution in [-0.2, 0) is 11.8 Å².